The van der Waals surface area contributed by atoms with Gasteiger partial charge in [0.2, 0.25) is 10.0 Å². The van der Waals surface area contributed by atoms with Crippen molar-refractivity contribution in [1.29, 1.82) is 0 Å². The Labute approximate surface area is 135 Å². The van der Waals surface area contributed by atoms with E-state index in [2.05, 4.69) is 4.57 Å². The second-order valence-corrected chi connectivity index (χ2v) is 7.53. The number of benzene rings is 1. The molecule has 2 heterocycles. The SMILES string of the molecule is O=C(O)c1ccc(S(=O)(=O)N2CCC(n3cccc3)CC2)cc1. The van der Waals surface area contributed by atoms with Gasteiger partial charge in [0.05, 0.1) is 10.5 Å². The van der Waals surface area contributed by atoms with Crippen molar-refractivity contribution >= 4 is 16.0 Å². The fraction of sp³-hybridized carbons (Fsp3) is 0.312. The second kappa shape index (κ2) is 6.17. The van der Waals surface area contributed by atoms with Gasteiger partial charge in [0.1, 0.15) is 0 Å². The molecule has 3 rings (SSSR count). The van der Waals surface area contributed by atoms with Crippen LogP contribution < -0.4 is 0 Å². The quantitative estimate of drug-likeness (QED) is 0.930. The van der Waals surface area contributed by atoms with Gasteiger partial charge in [-0.05, 0) is 49.2 Å². The van der Waals surface area contributed by atoms with E-state index in [0.29, 0.717) is 19.1 Å². The molecular formula is C16H18N2O4S. The van der Waals surface area contributed by atoms with Gasteiger partial charge >= 0.3 is 5.97 Å². The molecule has 0 bridgehead atoms. The van der Waals surface area contributed by atoms with Gasteiger partial charge in [-0.1, -0.05) is 0 Å². The lowest BCUT2D eigenvalue weighted by molar-refractivity contribution is 0.0696. The Hall–Kier alpha value is -2.12. The summed E-state index contributed by atoms with van der Waals surface area (Å²) in [6.07, 6.45) is 5.53. The monoisotopic (exact) mass is 334 g/mol. The number of sulfonamides is 1. The predicted molar refractivity (Wildman–Crippen MR) is 84.9 cm³/mol. The molecule has 1 aliphatic heterocycles. The lowest BCUT2D eigenvalue weighted by Gasteiger charge is -2.32. The van der Waals surface area contributed by atoms with Crippen LogP contribution in [0.2, 0.25) is 0 Å². The Morgan fingerprint density at radius 2 is 1.61 bits per heavy atom. The molecule has 1 N–H and O–H groups in total. The van der Waals surface area contributed by atoms with E-state index in [1.807, 2.05) is 24.5 Å². The van der Waals surface area contributed by atoms with Crippen LogP contribution in [0.25, 0.3) is 0 Å². The van der Waals surface area contributed by atoms with Gasteiger partial charge in [0.25, 0.3) is 0 Å². The zero-order chi connectivity index (χ0) is 16.4. The van der Waals surface area contributed by atoms with Gasteiger partial charge in [0, 0.05) is 31.5 Å². The van der Waals surface area contributed by atoms with E-state index in [9.17, 15) is 13.2 Å². The maximum atomic E-state index is 12.6. The average molecular weight is 334 g/mol. The number of carboxylic acid groups (broad SMARTS) is 1. The Kier molecular flexibility index (Phi) is 4.23. The molecule has 0 aliphatic carbocycles. The van der Waals surface area contributed by atoms with Crippen LogP contribution in [0.5, 0.6) is 0 Å². The number of piperidine rings is 1. The Bertz CT molecular complexity index is 774. The van der Waals surface area contributed by atoms with Crippen molar-refractivity contribution in [1.82, 2.24) is 8.87 Å². The topological polar surface area (TPSA) is 79.6 Å². The largest absolute Gasteiger partial charge is 0.478 e. The molecule has 1 aliphatic rings. The fourth-order valence-corrected chi connectivity index (χ4v) is 4.36. The maximum absolute atomic E-state index is 12.6. The summed E-state index contributed by atoms with van der Waals surface area (Å²) in [5.41, 5.74) is 0.0789. The zero-order valence-electron chi connectivity index (χ0n) is 12.5. The first-order valence-electron chi connectivity index (χ1n) is 7.44. The summed E-state index contributed by atoms with van der Waals surface area (Å²) in [7, 11) is -3.57. The molecule has 122 valence electrons. The summed E-state index contributed by atoms with van der Waals surface area (Å²) < 4.78 is 28.9. The van der Waals surface area contributed by atoms with E-state index >= 15 is 0 Å². The summed E-state index contributed by atoms with van der Waals surface area (Å²) in [5, 5.41) is 8.88. The van der Waals surface area contributed by atoms with Crippen LogP contribution in [-0.4, -0.2) is 41.5 Å². The molecule has 2 aromatic rings. The third kappa shape index (κ3) is 3.16. The molecule has 0 spiro atoms. The van der Waals surface area contributed by atoms with Crippen LogP contribution in [0, 0.1) is 0 Å². The van der Waals surface area contributed by atoms with Gasteiger partial charge in [-0.3, -0.25) is 0 Å². The lowest BCUT2D eigenvalue weighted by atomic mass is 10.1. The highest BCUT2D eigenvalue weighted by Crippen LogP contribution is 2.27. The molecular weight excluding hydrogens is 316 g/mol. The van der Waals surface area contributed by atoms with Gasteiger partial charge in [-0.25, -0.2) is 13.2 Å². The van der Waals surface area contributed by atoms with E-state index in [1.165, 1.54) is 28.6 Å². The highest BCUT2D eigenvalue weighted by molar-refractivity contribution is 7.89. The third-order valence-corrected chi connectivity index (χ3v) is 6.12. The van der Waals surface area contributed by atoms with Crippen LogP contribution in [0.4, 0.5) is 0 Å². The Balaban J connectivity index is 1.72. The molecule has 0 radical (unpaired) electrons. The number of aromatic nitrogens is 1. The number of carbonyl (C=O) groups is 1. The van der Waals surface area contributed by atoms with Gasteiger partial charge in [-0.2, -0.15) is 4.31 Å². The Morgan fingerprint density at radius 3 is 2.13 bits per heavy atom. The first-order chi connectivity index (χ1) is 11.0. The van der Waals surface area contributed by atoms with Gasteiger partial charge < -0.3 is 9.67 Å². The van der Waals surface area contributed by atoms with E-state index < -0.39 is 16.0 Å². The van der Waals surface area contributed by atoms with Crippen LogP contribution in [0.3, 0.4) is 0 Å². The maximum Gasteiger partial charge on any atom is 0.335 e. The molecule has 0 amide bonds. The van der Waals surface area contributed by atoms with Crippen LogP contribution >= 0.6 is 0 Å². The summed E-state index contributed by atoms with van der Waals surface area (Å²) in [4.78, 5) is 11.0. The number of rotatable bonds is 4. The lowest BCUT2D eigenvalue weighted by Crippen LogP contribution is -2.38. The molecule has 1 aromatic carbocycles. The van der Waals surface area contributed by atoms with Crippen molar-refractivity contribution in [2.24, 2.45) is 0 Å². The van der Waals surface area contributed by atoms with Crippen molar-refractivity contribution in [3.05, 3.63) is 54.4 Å². The van der Waals surface area contributed by atoms with Crippen LogP contribution in [0.15, 0.2) is 53.7 Å². The number of hydrogen-bond donors (Lipinski definition) is 1. The molecule has 1 aromatic heterocycles. The molecule has 7 heteroatoms. The molecule has 0 saturated carbocycles. The minimum atomic E-state index is -3.57. The molecule has 23 heavy (non-hydrogen) atoms. The minimum Gasteiger partial charge on any atom is -0.478 e. The van der Waals surface area contributed by atoms with Crippen molar-refractivity contribution in [3.63, 3.8) is 0 Å². The van der Waals surface area contributed by atoms with Gasteiger partial charge in [0.15, 0.2) is 0 Å². The van der Waals surface area contributed by atoms with Crippen molar-refractivity contribution < 1.29 is 18.3 Å². The van der Waals surface area contributed by atoms with E-state index in [0.717, 1.165) is 12.8 Å². The number of hydrogen-bond acceptors (Lipinski definition) is 3. The molecule has 1 saturated heterocycles. The summed E-state index contributed by atoms with van der Waals surface area (Å²) in [6, 6.07) is 9.61. The smallest absolute Gasteiger partial charge is 0.335 e. The highest BCUT2D eigenvalue weighted by atomic mass is 32.2. The standard InChI is InChI=1S/C16H18N2O4S/c19-16(20)13-3-5-15(6-4-13)23(21,22)18-11-7-14(8-12-18)17-9-1-2-10-17/h1-6,9-10,14H,7-8,11-12H2,(H,19,20). The molecule has 0 atom stereocenters. The zero-order valence-corrected chi connectivity index (χ0v) is 13.3. The third-order valence-electron chi connectivity index (χ3n) is 4.21. The Morgan fingerprint density at radius 1 is 1.04 bits per heavy atom. The molecule has 6 nitrogen and oxygen atoms in total. The summed E-state index contributed by atoms with van der Waals surface area (Å²) >= 11 is 0. The van der Waals surface area contributed by atoms with Gasteiger partial charge in [-0.15, -0.1) is 0 Å². The number of nitrogens with zero attached hydrogens (tertiary/aromatic N) is 2. The molecule has 1 fully saturated rings. The predicted octanol–water partition coefficient (Wildman–Crippen LogP) is 2.21. The van der Waals surface area contributed by atoms with E-state index in [4.69, 9.17) is 5.11 Å². The van der Waals surface area contributed by atoms with E-state index in [1.54, 1.807) is 0 Å². The summed E-state index contributed by atoms with van der Waals surface area (Å²) in [6.45, 7) is 0.928. The van der Waals surface area contributed by atoms with Crippen LogP contribution in [0.1, 0.15) is 29.2 Å². The second-order valence-electron chi connectivity index (χ2n) is 5.60. The number of carboxylic acids is 1. The fourth-order valence-electron chi connectivity index (χ4n) is 2.89. The van der Waals surface area contributed by atoms with Crippen molar-refractivity contribution in [2.75, 3.05) is 13.1 Å². The summed E-state index contributed by atoms with van der Waals surface area (Å²) in [5.74, 6) is -1.07. The highest BCUT2D eigenvalue weighted by Gasteiger charge is 2.29. The van der Waals surface area contributed by atoms with Crippen molar-refractivity contribution in [3.8, 4) is 0 Å². The normalized spacial score (nSPS) is 17.2. The number of aromatic carboxylic acids is 1. The first kappa shape index (κ1) is 15.8. The van der Waals surface area contributed by atoms with E-state index in [-0.39, 0.29) is 10.5 Å². The molecule has 0 unspecified atom stereocenters. The minimum absolute atomic E-state index is 0.0789. The van der Waals surface area contributed by atoms with Crippen molar-refractivity contribution in [2.45, 2.75) is 23.8 Å². The average Bonchev–Trinajstić information content (AvgIpc) is 3.09. The van der Waals surface area contributed by atoms with Crippen LogP contribution in [-0.2, 0) is 10.0 Å². The first-order valence-corrected chi connectivity index (χ1v) is 8.88.